The monoisotopic (exact) mass is 643 g/mol. The second-order valence-corrected chi connectivity index (χ2v) is 17.0. The molecule has 3 aromatic carbocycles. The van der Waals surface area contributed by atoms with E-state index in [1.807, 2.05) is 0 Å². The van der Waals surface area contributed by atoms with Gasteiger partial charge >= 0.3 is 0 Å². The predicted octanol–water partition coefficient (Wildman–Crippen LogP) is 7.43. The number of fused-ring (bicyclic) bond motifs is 1. The van der Waals surface area contributed by atoms with Gasteiger partial charge in [-0.05, 0) is 86.4 Å². The molecule has 176 valence electrons. The molecule has 1 aliphatic rings. The van der Waals surface area contributed by atoms with Crippen molar-refractivity contribution >= 4 is 68.1 Å². The summed E-state index contributed by atoms with van der Waals surface area (Å²) in [5, 5.41) is 4.05. The van der Waals surface area contributed by atoms with E-state index in [-0.39, 0.29) is 10.5 Å². The summed E-state index contributed by atoms with van der Waals surface area (Å²) in [6.07, 6.45) is 3.50. The average Bonchev–Trinajstić information content (AvgIpc) is 3.52. The normalized spacial score (nSPS) is 15.6. The van der Waals surface area contributed by atoms with Crippen molar-refractivity contribution in [2.24, 2.45) is 5.41 Å². The van der Waals surface area contributed by atoms with E-state index in [2.05, 4.69) is 143 Å². The van der Waals surface area contributed by atoms with Crippen LogP contribution in [0.2, 0.25) is 5.04 Å². The Bertz CT molecular complexity index is 1250. The van der Waals surface area contributed by atoms with Gasteiger partial charge < -0.3 is 9.41 Å². The van der Waals surface area contributed by atoms with Crippen LogP contribution in [0.5, 0.6) is 0 Å². The van der Waals surface area contributed by atoms with Crippen LogP contribution >= 0.6 is 38.5 Å². The number of aromatic nitrogens is 1. The quantitative estimate of drug-likeness (QED) is 0.164. The lowest BCUT2D eigenvalue weighted by Crippen LogP contribution is -2.67. The van der Waals surface area contributed by atoms with E-state index in [1.54, 1.807) is 0 Å². The minimum atomic E-state index is -2.51. The fourth-order valence-corrected chi connectivity index (χ4v) is 11.1. The molecule has 1 N–H and O–H groups in total. The van der Waals surface area contributed by atoms with E-state index in [4.69, 9.17) is 4.43 Å². The van der Waals surface area contributed by atoms with Crippen LogP contribution in [0.1, 0.15) is 39.2 Å². The van der Waals surface area contributed by atoms with Gasteiger partial charge in [0.25, 0.3) is 8.32 Å². The minimum absolute atomic E-state index is 0.00581. The molecule has 0 bridgehead atoms. The topological polar surface area (TPSA) is 25.0 Å². The van der Waals surface area contributed by atoms with Crippen molar-refractivity contribution in [2.75, 3.05) is 6.61 Å². The highest BCUT2D eigenvalue weighted by molar-refractivity contribution is 14.1. The maximum absolute atomic E-state index is 7.34. The number of benzene rings is 3. The lowest BCUT2D eigenvalue weighted by Gasteiger charge is -2.44. The Balaban J connectivity index is 1.51. The van der Waals surface area contributed by atoms with Crippen LogP contribution in [0, 0.1) is 9.12 Å². The average molecular weight is 644 g/mol. The highest BCUT2D eigenvalue weighted by atomic mass is 127. The highest BCUT2D eigenvalue weighted by Crippen LogP contribution is 2.51. The summed E-state index contributed by atoms with van der Waals surface area (Å²) in [6, 6.07) is 28.5. The van der Waals surface area contributed by atoms with Gasteiger partial charge in [-0.1, -0.05) is 97.4 Å². The fraction of sp³-hybridized carbons (Fsp3) is 0.310. The summed E-state index contributed by atoms with van der Waals surface area (Å²) in [5.74, 6) is 0. The molecule has 0 saturated heterocycles. The van der Waals surface area contributed by atoms with Crippen molar-refractivity contribution in [3.8, 4) is 0 Å². The van der Waals surface area contributed by atoms with Gasteiger partial charge in [-0.3, -0.25) is 0 Å². The first kappa shape index (κ1) is 24.3. The Kier molecular flexibility index (Phi) is 6.59. The molecule has 4 aromatic rings. The molecule has 2 nitrogen and oxygen atoms in total. The lowest BCUT2D eigenvalue weighted by atomic mass is 9.97. The van der Waals surface area contributed by atoms with Gasteiger partial charge in [0.15, 0.2) is 0 Å². The Morgan fingerprint density at radius 1 is 0.941 bits per heavy atom. The molecule has 1 aliphatic carbocycles. The highest BCUT2D eigenvalue weighted by Gasteiger charge is 2.53. The molecule has 0 spiro atoms. The Morgan fingerprint density at radius 3 is 2.06 bits per heavy atom. The zero-order valence-electron chi connectivity index (χ0n) is 20.0. The van der Waals surface area contributed by atoms with Gasteiger partial charge in [-0.25, -0.2) is 0 Å². The summed E-state index contributed by atoms with van der Waals surface area (Å²) in [7, 11) is -2.51. The third kappa shape index (κ3) is 4.45. The maximum Gasteiger partial charge on any atom is 0.261 e. The van der Waals surface area contributed by atoms with Gasteiger partial charge in [0.2, 0.25) is 0 Å². The number of hydrogen-bond donors (Lipinski definition) is 1. The second-order valence-electron chi connectivity index (χ2n) is 10.7. The van der Waals surface area contributed by atoms with Crippen LogP contribution in [0.15, 0.2) is 83.3 Å². The number of aromatic amines is 1. The van der Waals surface area contributed by atoms with Crippen LogP contribution in [0.4, 0.5) is 0 Å². The van der Waals surface area contributed by atoms with Crippen LogP contribution in [0.25, 0.3) is 10.9 Å². The SMILES string of the molecule is CC(C)(C)[Si](OCC1(Cc2c(I)[nH]c3ccc(Br)cc23)CC1)(c1ccccc1)c1ccccc1. The molecule has 5 rings (SSSR count). The number of nitrogens with one attached hydrogen (secondary N) is 1. The molecule has 0 aliphatic heterocycles. The first-order valence-corrected chi connectivity index (χ1v) is 15.7. The summed E-state index contributed by atoms with van der Waals surface area (Å²) < 4.78 is 9.72. The standard InChI is InChI=1S/C29H31BrINOSi/c1-28(2,3)34(22-10-6-4-7-11-22,23-12-8-5-9-13-23)33-20-29(16-17-29)19-25-24-18-21(30)14-15-26(24)32-27(25)31/h4-15,18,32H,16-17,19-20H2,1-3H3. The largest absolute Gasteiger partial charge is 0.407 e. The number of rotatable bonds is 7. The molecule has 0 atom stereocenters. The van der Waals surface area contributed by atoms with Crippen molar-refractivity contribution in [2.45, 2.75) is 45.1 Å². The molecule has 34 heavy (non-hydrogen) atoms. The summed E-state index contributed by atoms with van der Waals surface area (Å²) in [5.41, 5.74) is 2.86. The lowest BCUT2D eigenvalue weighted by molar-refractivity contribution is 0.220. The number of H-pyrrole nitrogens is 1. The van der Waals surface area contributed by atoms with Crippen LogP contribution < -0.4 is 10.4 Å². The molecule has 1 aromatic heterocycles. The predicted molar refractivity (Wildman–Crippen MR) is 158 cm³/mol. The second kappa shape index (κ2) is 9.23. The van der Waals surface area contributed by atoms with Gasteiger partial charge in [0, 0.05) is 22.0 Å². The molecule has 5 heteroatoms. The summed E-state index contributed by atoms with van der Waals surface area (Å²) in [6.45, 7) is 7.88. The zero-order chi connectivity index (χ0) is 24.0. The zero-order valence-corrected chi connectivity index (χ0v) is 24.7. The molecular weight excluding hydrogens is 613 g/mol. The van der Waals surface area contributed by atoms with Gasteiger partial charge in [0.05, 0.1) is 3.70 Å². The minimum Gasteiger partial charge on any atom is -0.407 e. The Hall–Kier alpha value is -1.41. The first-order valence-electron chi connectivity index (χ1n) is 11.9. The van der Waals surface area contributed by atoms with Crippen molar-refractivity contribution < 1.29 is 4.43 Å². The van der Waals surface area contributed by atoms with Crippen molar-refractivity contribution in [3.05, 3.63) is 92.6 Å². The van der Waals surface area contributed by atoms with E-state index in [1.165, 1.54) is 43.4 Å². The number of halogens is 2. The number of hydrogen-bond acceptors (Lipinski definition) is 1. The fourth-order valence-electron chi connectivity index (χ4n) is 5.31. The molecular formula is C29H31BrINOSi. The molecule has 0 radical (unpaired) electrons. The molecule has 0 unspecified atom stereocenters. The van der Waals surface area contributed by atoms with Crippen molar-refractivity contribution in [1.29, 1.82) is 0 Å². The van der Waals surface area contributed by atoms with Crippen molar-refractivity contribution in [1.82, 2.24) is 4.98 Å². The van der Waals surface area contributed by atoms with Gasteiger partial charge in [-0.15, -0.1) is 0 Å². The van der Waals surface area contributed by atoms with E-state index in [0.29, 0.717) is 0 Å². The van der Waals surface area contributed by atoms with Crippen LogP contribution in [0.3, 0.4) is 0 Å². The summed E-state index contributed by atoms with van der Waals surface area (Å²) in [4.78, 5) is 3.59. The van der Waals surface area contributed by atoms with E-state index >= 15 is 0 Å². The molecule has 1 saturated carbocycles. The van der Waals surface area contributed by atoms with E-state index in [0.717, 1.165) is 17.5 Å². The summed E-state index contributed by atoms with van der Waals surface area (Å²) >= 11 is 6.13. The van der Waals surface area contributed by atoms with Gasteiger partial charge in [-0.2, -0.15) is 0 Å². The van der Waals surface area contributed by atoms with Crippen LogP contribution in [-0.2, 0) is 10.8 Å². The molecule has 1 heterocycles. The van der Waals surface area contributed by atoms with Crippen LogP contribution in [-0.4, -0.2) is 19.9 Å². The molecule has 1 fully saturated rings. The van der Waals surface area contributed by atoms with Gasteiger partial charge in [0.1, 0.15) is 0 Å². The smallest absolute Gasteiger partial charge is 0.261 e. The Morgan fingerprint density at radius 2 is 1.53 bits per heavy atom. The third-order valence-electron chi connectivity index (χ3n) is 7.34. The molecule has 0 amide bonds. The Labute approximate surface area is 225 Å². The maximum atomic E-state index is 7.34. The van der Waals surface area contributed by atoms with E-state index < -0.39 is 8.32 Å². The first-order chi connectivity index (χ1) is 16.2. The van der Waals surface area contributed by atoms with E-state index in [9.17, 15) is 0 Å². The van der Waals surface area contributed by atoms with Crippen molar-refractivity contribution in [3.63, 3.8) is 0 Å². The third-order valence-corrected chi connectivity index (χ3v) is 13.7.